The largest absolute Gasteiger partial charge is 0.481 e. The summed E-state index contributed by atoms with van der Waals surface area (Å²) >= 11 is 0. The summed E-state index contributed by atoms with van der Waals surface area (Å²) in [5.74, 6) is -2.47. The number of fused-ring (bicyclic) bond motifs is 3. The van der Waals surface area contributed by atoms with E-state index in [4.69, 9.17) is 4.74 Å². The highest BCUT2D eigenvalue weighted by Crippen LogP contribution is 2.44. The molecule has 0 saturated heterocycles. The lowest BCUT2D eigenvalue weighted by Crippen LogP contribution is -2.40. The summed E-state index contributed by atoms with van der Waals surface area (Å²) in [5.41, 5.74) is 5.06. The van der Waals surface area contributed by atoms with Gasteiger partial charge in [-0.2, -0.15) is 0 Å². The number of hydrogen-bond acceptors (Lipinski definition) is 4. The lowest BCUT2D eigenvalue weighted by atomic mass is 9.98. The summed E-state index contributed by atoms with van der Waals surface area (Å²) in [6, 6.07) is 24.7. The van der Waals surface area contributed by atoms with E-state index >= 15 is 0 Å². The number of carbonyl (C=O) groups is 3. The molecule has 1 atom stereocenters. The predicted octanol–water partition coefficient (Wildman–Crippen LogP) is 3.51. The number of carbonyl (C=O) groups excluding carboxylic acids is 2. The number of aliphatic carboxylic acids is 1. The van der Waals surface area contributed by atoms with Crippen molar-refractivity contribution in [3.8, 4) is 11.1 Å². The maximum absolute atomic E-state index is 12.2. The van der Waals surface area contributed by atoms with Crippen LogP contribution >= 0.6 is 0 Å². The van der Waals surface area contributed by atoms with Gasteiger partial charge in [0.2, 0.25) is 5.91 Å². The smallest absolute Gasteiger partial charge is 0.407 e. The third-order valence-electron chi connectivity index (χ3n) is 5.74. The molecule has 0 spiro atoms. The van der Waals surface area contributed by atoms with Gasteiger partial charge in [-0.25, -0.2) is 4.79 Å². The normalized spacial score (nSPS) is 12.8. The fourth-order valence-electron chi connectivity index (χ4n) is 4.11. The summed E-state index contributed by atoms with van der Waals surface area (Å²) < 4.78 is 5.40. The molecule has 7 heteroatoms. The molecule has 1 aliphatic carbocycles. The van der Waals surface area contributed by atoms with E-state index in [0.717, 1.165) is 22.3 Å². The van der Waals surface area contributed by atoms with Crippen molar-refractivity contribution in [2.75, 3.05) is 19.7 Å². The number of ether oxygens (including phenoxy) is 1. The Kier molecular flexibility index (Phi) is 6.69. The average Bonchev–Trinajstić information content (AvgIpc) is 3.16. The van der Waals surface area contributed by atoms with Gasteiger partial charge >= 0.3 is 12.1 Å². The third kappa shape index (κ3) is 5.03. The highest BCUT2D eigenvalue weighted by Gasteiger charge is 2.29. The number of carboxylic acids is 1. The van der Waals surface area contributed by atoms with Crippen LogP contribution in [-0.2, 0) is 14.3 Å². The van der Waals surface area contributed by atoms with E-state index in [-0.39, 0.29) is 25.6 Å². The minimum absolute atomic E-state index is 0.0702. The third-order valence-corrected chi connectivity index (χ3v) is 5.74. The van der Waals surface area contributed by atoms with E-state index in [1.165, 1.54) is 0 Å². The maximum Gasteiger partial charge on any atom is 0.407 e. The number of alkyl carbamates (subject to hydrolysis) is 1. The molecule has 0 saturated carbocycles. The minimum Gasteiger partial charge on any atom is -0.481 e. The first kappa shape index (κ1) is 22.1. The highest BCUT2D eigenvalue weighted by atomic mass is 16.5. The standard InChI is InChI=1S/C26H24N2O5/c29-24(27-14-22(25(30)31)17-8-2-1-3-9-17)15-28-26(32)33-16-23-20-12-6-4-10-18(20)19-11-5-7-13-21(19)23/h1-13,22-23H,14-16H2,(H,27,29)(H,28,32)(H,30,31). The molecule has 3 N–H and O–H groups in total. The number of hydrogen-bond donors (Lipinski definition) is 3. The first-order valence-electron chi connectivity index (χ1n) is 10.7. The Morgan fingerprint density at radius 2 is 1.39 bits per heavy atom. The molecule has 3 aromatic carbocycles. The number of carboxylic acid groups (broad SMARTS) is 1. The molecular weight excluding hydrogens is 420 g/mol. The highest BCUT2D eigenvalue weighted by molar-refractivity contribution is 5.84. The topological polar surface area (TPSA) is 105 Å². The Morgan fingerprint density at radius 1 is 0.818 bits per heavy atom. The number of nitrogens with one attached hydrogen (secondary N) is 2. The zero-order chi connectivity index (χ0) is 23.2. The van der Waals surface area contributed by atoms with Gasteiger partial charge in [0.1, 0.15) is 6.61 Å². The van der Waals surface area contributed by atoms with E-state index in [2.05, 4.69) is 22.8 Å². The molecule has 3 aromatic rings. The first-order chi connectivity index (χ1) is 16.0. The number of amides is 2. The van der Waals surface area contributed by atoms with Crippen LogP contribution in [0.2, 0.25) is 0 Å². The van der Waals surface area contributed by atoms with Crippen LogP contribution in [-0.4, -0.2) is 42.8 Å². The zero-order valence-corrected chi connectivity index (χ0v) is 17.9. The summed E-state index contributed by atoms with van der Waals surface area (Å²) in [5, 5.41) is 14.4. The summed E-state index contributed by atoms with van der Waals surface area (Å²) in [4.78, 5) is 35.8. The van der Waals surface area contributed by atoms with Crippen LogP contribution < -0.4 is 10.6 Å². The second kappa shape index (κ2) is 9.99. The minimum atomic E-state index is -1.04. The van der Waals surface area contributed by atoms with Gasteiger partial charge in [0, 0.05) is 12.5 Å². The lowest BCUT2D eigenvalue weighted by molar-refractivity contribution is -0.138. The van der Waals surface area contributed by atoms with Crippen molar-refractivity contribution in [2.45, 2.75) is 11.8 Å². The van der Waals surface area contributed by atoms with E-state index < -0.39 is 23.9 Å². The van der Waals surface area contributed by atoms with Crippen molar-refractivity contribution in [2.24, 2.45) is 0 Å². The molecule has 0 heterocycles. The van der Waals surface area contributed by atoms with Crippen molar-refractivity contribution >= 4 is 18.0 Å². The van der Waals surface area contributed by atoms with Crippen LogP contribution in [0.15, 0.2) is 78.9 Å². The van der Waals surface area contributed by atoms with Gasteiger partial charge in [0.15, 0.2) is 0 Å². The molecule has 0 bridgehead atoms. The Labute approximate surface area is 191 Å². The van der Waals surface area contributed by atoms with Crippen molar-refractivity contribution in [3.63, 3.8) is 0 Å². The van der Waals surface area contributed by atoms with Crippen molar-refractivity contribution in [1.82, 2.24) is 10.6 Å². The van der Waals surface area contributed by atoms with Crippen LogP contribution in [0.5, 0.6) is 0 Å². The molecule has 33 heavy (non-hydrogen) atoms. The molecular formula is C26H24N2O5. The van der Waals surface area contributed by atoms with E-state index in [0.29, 0.717) is 5.56 Å². The Bertz CT molecular complexity index is 1120. The van der Waals surface area contributed by atoms with Crippen LogP contribution in [0.4, 0.5) is 4.79 Å². The molecule has 0 aliphatic heterocycles. The van der Waals surface area contributed by atoms with Crippen LogP contribution in [0, 0.1) is 0 Å². The van der Waals surface area contributed by atoms with E-state index in [1.54, 1.807) is 30.3 Å². The monoisotopic (exact) mass is 444 g/mol. The van der Waals surface area contributed by atoms with Crippen LogP contribution in [0.1, 0.15) is 28.5 Å². The summed E-state index contributed by atoms with van der Waals surface area (Å²) in [6.45, 7) is -0.237. The van der Waals surface area contributed by atoms with Crippen molar-refractivity contribution in [1.29, 1.82) is 0 Å². The first-order valence-corrected chi connectivity index (χ1v) is 10.7. The maximum atomic E-state index is 12.2. The van der Waals surface area contributed by atoms with Gasteiger partial charge in [-0.3, -0.25) is 9.59 Å². The SMILES string of the molecule is O=C(CNC(=O)OCC1c2ccccc2-c2ccccc21)NCC(C(=O)O)c1ccccc1. The van der Waals surface area contributed by atoms with Crippen LogP contribution in [0.3, 0.4) is 0 Å². The molecule has 1 unspecified atom stereocenters. The van der Waals surface area contributed by atoms with Crippen molar-refractivity contribution < 1.29 is 24.2 Å². The van der Waals surface area contributed by atoms with Gasteiger partial charge in [0.05, 0.1) is 12.5 Å². The van der Waals surface area contributed by atoms with Crippen molar-refractivity contribution in [3.05, 3.63) is 95.6 Å². The molecule has 4 rings (SSSR count). The number of benzene rings is 3. The van der Waals surface area contributed by atoms with Gasteiger partial charge < -0.3 is 20.5 Å². The van der Waals surface area contributed by atoms with E-state index in [9.17, 15) is 19.5 Å². The molecule has 2 amide bonds. The second-order valence-electron chi connectivity index (χ2n) is 7.78. The molecule has 0 fully saturated rings. The quantitative estimate of drug-likeness (QED) is 0.493. The molecule has 1 aliphatic rings. The Hall–Kier alpha value is -4.13. The van der Waals surface area contributed by atoms with Gasteiger partial charge in [-0.05, 0) is 27.8 Å². The number of rotatable bonds is 8. The molecule has 0 radical (unpaired) electrons. The van der Waals surface area contributed by atoms with E-state index in [1.807, 2.05) is 36.4 Å². The van der Waals surface area contributed by atoms with Gasteiger partial charge in [-0.15, -0.1) is 0 Å². The van der Waals surface area contributed by atoms with Gasteiger partial charge in [-0.1, -0.05) is 78.9 Å². The summed E-state index contributed by atoms with van der Waals surface area (Å²) in [6.07, 6.45) is -0.704. The fraction of sp³-hybridized carbons (Fsp3) is 0.192. The lowest BCUT2D eigenvalue weighted by Gasteiger charge is -2.15. The average molecular weight is 444 g/mol. The molecule has 0 aromatic heterocycles. The van der Waals surface area contributed by atoms with Gasteiger partial charge in [0.25, 0.3) is 0 Å². The summed E-state index contributed by atoms with van der Waals surface area (Å²) in [7, 11) is 0. The Morgan fingerprint density at radius 3 is 2.00 bits per heavy atom. The fourth-order valence-corrected chi connectivity index (χ4v) is 4.11. The Balaban J connectivity index is 1.27. The van der Waals surface area contributed by atoms with Crippen LogP contribution in [0.25, 0.3) is 11.1 Å². The molecule has 7 nitrogen and oxygen atoms in total. The molecule has 168 valence electrons. The predicted molar refractivity (Wildman–Crippen MR) is 123 cm³/mol. The zero-order valence-electron chi connectivity index (χ0n) is 17.9. The second-order valence-corrected chi connectivity index (χ2v) is 7.78.